The van der Waals surface area contributed by atoms with Crippen LogP contribution in [0.3, 0.4) is 0 Å². The first-order valence-corrected chi connectivity index (χ1v) is 5.77. The fourth-order valence-electron chi connectivity index (χ4n) is 1.95. The van der Waals surface area contributed by atoms with Crippen molar-refractivity contribution in [1.82, 2.24) is 10.2 Å². The van der Waals surface area contributed by atoms with Gasteiger partial charge in [0.05, 0.1) is 13.2 Å². The molecule has 0 saturated carbocycles. The van der Waals surface area contributed by atoms with Crippen LogP contribution < -0.4 is 5.32 Å². The van der Waals surface area contributed by atoms with Crippen molar-refractivity contribution in [3.05, 3.63) is 0 Å². The number of hydrogen-bond donors (Lipinski definition) is 4. The van der Waals surface area contributed by atoms with Gasteiger partial charge in [-0.05, 0) is 0 Å². The quantitative estimate of drug-likeness (QED) is 0.418. The van der Waals surface area contributed by atoms with Gasteiger partial charge in [-0.25, -0.2) is 4.79 Å². The van der Waals surface area contributed by atoms with E-state index in [9.17, 15) is 19.8 Å². The molecule has 0 bridgehead atoms. The Kier molecular flexibility index (Phi) is 3.74. The van der Waals surface area contributed by atoms with Gasteiger partial charge < -0.3 is 20.1 Å². The summed E-state index contributed by atoms with van der Waals surface area (Å²) < 4.78 is 5.17. The SMILES string of the molecule is O=C1NC(=O)N([C@@H]2O[C@H](CO)[C@@H](O)[C@H]2O)CC1Cl. The second-order valence-corrected chi connectivity index (χ2v) is 4.67. The Balaban J connectivity index is 2.12. The van der Waals surface area contributed by atoms with E-state index >= 15 is 0 Å². The molecule has 9 heteroatoms. The predicted octanol–water partition coefficient (Wildman–Crippen LogP) is -2.42. The van der Waals surface area contributed by atoms with Crippen molar-refractivity contribution in [2.75, 3.05) is 13.2 Å². The van der Waals surface area contributed by atoms with Gasteiger partial charge >= 0.3 is 6.03 Å². The lowest BCUT2D eigenvalue weighted by molar-refractivity contribution is -0.125. The van der Waals surface area contributed by atoms with Gasteiger partial charge in [-0.3, -0.25) is 15.0 Å². The first-order chi connectivity index (χ1) is 8.45. The minimum Gasteiger partial charge on any atom is -0.394 e. The van der Waals surface area contributed by atoms with E-state index in [4.69, 9.17) is 21.4 Å². The van der Waals surface area contributed by atoms with Gasteiger partial charge in [0.25, 0.3) is 0 Å². The number of aliphatic hydroxyl groups excluding tert-OH is 3. The maximum Gasteiger partial charge on any atom is 0.326 e. The highest BCUT2D eigenvalue weighted by atomic mass is 35.5. The highest BCUT2D eigenvalue weighted by molar-refractivity contribution is 6.32. The number of halogens is 1. The van der Waals surface area contributed by atoms with Crippen molar-refractivity contribution < 1.29 is 29.6 Å². The monoisotopic (exact) mass is 280 g/mol. The number of urea groups is 1. The molecule has 1 unspecified atom stereocenters. The molecule has 2 saturated heterocycles. The average molecular weight is 281 g/mol. The van der Waals surface area contributed by atoms with Crippen LogP contribution >= 0.6 is 11.6 Å². The Morgan fingerprint density at radius 2 is 2.06 bits per heavy atom. The molecule has 2 aliphatic rings. The van der Waals surface area contributed by atoms with Gasteiger partial charge in [0.1, 0.15) is 23.7 Å². The zero-order valence-electron chi connectivity index (χ0n) is 9.19. The van der Waals surface area contributed by atoms with Crippen molar-refractivity contribution >= 4 is 23.5 Å². The Hall–Kier alpha value is -0.930. The van der Waals surface area contributed by atoms with Crippen molar-refractivity contribution in [3.63, 3.8) is 0 Å². The van der Waals surface area contributed by atoms with Crippen LogP contribution in [0.2, 0.25) is 0 Å². The second-order valence-electron chi connectivity index (χ2n) is 4.14. The first kappa shape index (κ1) is 13.5. The zero-order valence-corrected chi connectivity index (χ0v) is 9.95. The number of amides is 3. The average Bonchev–Trinajstić information content (AvgIpc) is 2.61. The van der Waals surface area contributed by atoms with Gasteiger partial charge in [0.15, 0.2) is 6.23 Å². The van der Waals surface area contributed by atoms with Crippen LogP contribution in [0.25, 0.3) is 0 Å². The van der Waals surface area contributed by atoms with Crippen molar-refractivity contribution in [2.24, 2.45) is 0 Å². The van der Waals surface area contributed by atoms with E-state index in [1.807, 2.05) is 5.32 Å². The fourth-order valence-corrected chi connectivity index (χ4v) is 2.15. The van der Waals surface area contributed by atoms with E-state index in [1.54, 1.807) is 0 Å². The number of ether oxygens (including phenoxy) is 1. The molecule has 0 radical (unpaired) electrons. The van der Waals surface area contributed by atoms with Crippen LogP contribution in [-0.4, -0.2) is 75.2 Å². The Labute approximate surface area is 107 Å². The standard InChI is InChI=1S/C9H13ClN2O6/c10-3-1-12(9(17)11-7(3)16)8-6(15)5(14)4(2-13)18-8/h3-6,8,13-15H,1-2H2,(H,11,16,17)/t3?,4-,5-,6-,8-/m1/s1. The second kappa shape index (κ2) is 4.98. The molecule has 5 atom stereocenters. The van der Waals surface area contributed by atoms with Crippen LogP contribution in [0.15, 0.2) is 0 Å². The third kappa shape index (κ3) is 2.17. The maximum atomic E-state index is 11.6. The molecule has 4 N–H and O–H groups in total. The van der Waals surface area contributed by atoms with Crippen LogP contribution in [0, 0.1) is 0 Å². The molecular weight excluding hydrogens is 268 g/mol. The van der Waals surface area contributed by atoms with Crippen molar-refractivity contribution in [2.45, 2.75) is 29.9 Å². The van der Waals surface area contributed by atoms with E-state index in [1.165, 1.54) is 0 Å². The summed E-state index contributed by atoms with van der Waals surface area (Å²) in [5.74, 6) is -0.621. The fraction of sp³-hybridized carbons (Fsp3) is 0.778. The third-order valence-electron chi connectivity index (χ3n) is 2.96. The maximum absolute atomic E-state index is 11.6. The summed E-state index contributed by atoms with van der Waals surface area (Å²) in [5.41, 5.74) is 0. The Morgan fingerprint density at radius 3 is 2.61 bits per heavy atom. The minimum atomic E-state index is -1.37. The van der Waals surface area contributed by atoms with Crippen LogP contribution in [0.4, 0.5) is 4.79 Å². The largest absolute Gasteiger partial charge is 0.394 e. The third-order valence-corrected chi connectivity index (χ3v) is 3.29. The highest BCUT2D eigenvalue weighted by Gasteiger charge is 2.48. The molecular formula is C9H13ClN2O6. The molecule has 2 rings (SSSR count). The smallest absolute Gasteiger partial charge is 0.326 e. The summed E-state index contributed by atoms with van der Waals surface area (Å²) in [5, 5.41) is 29.3. The topological polar surface area (TPSA) is 119 Å². The number of hydrogen-bond acceptors (Lipinski definition) is 6. The summed E-state index contributed by atoms with van der Waals surface area (Å²) in [4.78, 5) is 23.7. The van der Waals surface area contributed by atoms with Crippen molar-refractivity contribution in [3.8, 4) is 0 Å². The number of carbonyl (C=O) groups excluding carboxylic acids is 2. The van der Waals surface area contributed by atoms with E-state index in [-0.39, 0.29) is 6.54 Å². The van der Waals surface area contributed by atoms with Gasteiger partial charge in [-0.1, -0.05) is 0 Å². The summed E-state index contributed by atoms with van der Waals surface area (Å²) in [7, 11) is 0. The summed E-state index contributed by atoms with van der Waals surface area (Å²) in [6.45, 7) is -0.633. The molecule has 18 heavy (non-hydrogen) atoms. The number of carbonyl (C=O) groups is 2. The molecule has 0 aliphatic carbocycles. The Bertz CT molecular complexity index is 367. The lowest BCUT2D eigenvalue weighted by atomic mass is 10.1. The molecule has 2 fully saturated rings. The summed E-state index contributed by atoms with van der Waals surface area (Å²) in [6, 6.07) is -0.758. The van der Waals surface area contributed by atoms with Crippen LogP contribution in [0.1, 0.15) is 0 Å². The normalized spacial score (nSPS) is 41.1. The molecule has 102 valence electrons. The van der Waals surface area contributed by atoms with Crippen molar-refractivity contribution in [1.29, 1.82) is 0 Å². The number of rotatable bonds is 2. The molecule has 0 spiro atoms. The number of nitrogens with one attached hydrogen (secondary N) is 1. The van der Waals surface area contributed by atoms with Gasteiger partial charge in [0.2, 0.25) is 5.91 Å². The van der Waals surface area contributed by atoms with E-state index in [0.29, 0.717) is 0 Å². The lowest BCUT2D eigenvalue weighted by Crippen LogP contribution is -2.60. The molecule has 8 nitrogen and oxygen atoms in total. The molecule has 0 aromatic rings. The molecule has 0 aromatic heterocycles. The lowest BCUT2D eigenvalue weighted by Gasteiger charge is -2.34. The van der Waals surface area contributed by atoms with Gasteiger partial charge in [-0.15, -0.1) is 11.6 Å². The number of nitrogens with zero attached hydrogens (tertiary/aromatic N) is 1. The van der Waals surface area contributed by atoms with Crippen LogP contribution in [-0.2, 0) is 9.53 Å². The predicted molar refractivity (Wildman–Crippen MR) is 57.6 cm³/mol. The van der Waals surface area contributed by atoms with E-state index < -0.39 is 48.5 Å². The summed E-state index contributed by atoms with van der Waals surface area (Å²) >= 11 is 5.70. The number of imide groups is 1. The summed E-state index contributed by atoms with van der Waals surface area (Å²) in [6.07, 6.45) is -4.81. The Morgan fingerprint density at radius 1 is 1.39 bits per heavy atom. The highest BCUT2D eigenvalue weighted by Crippen LogP contribution is 2.25. The zero-order chi connectivity index (χ0) is 13.4. The number of alkyl halides is 1. The molecule has 3 amide bonds. The molecule has 2 aliphatic heterocycles. The van der Waals surface area contributed by atoms with E-state index in [0.717, 1.165) is 4.90 Å². The number of aliphatic hydroxyl groups is 3. The van der Waals surface area contributed by atoms with Gasteiger partial charge in [0, 0.05) is 0 Å². The van der Waals surface area contributed by atoms with Crippen LogP contribution in [0.5, 0.6) is 0 Å². The van der Waals surface area contributed by atoms with E-state index in [2.05, 4.69) is 0 Å². The molecule has 0 aromatic carbocycles. The van der Waals surface area contributed by atoms with Gasteiger partial charge in [-0.2, -0.15) is 0 Å². The minimum absolute atomic E-state index is 0.140. The molecule has 2 heterocycles. The first-order valence-electron chi connectivity index (χ1n) is 5.33.